The zero-order chi connectivity index (χ0) is 13.7. The molecule has 0 unspecified atom stereocenters. The molecule has 17 heavy (non-hydrogen) atoms. The quantitative estimate of drug-likeness (QED) is 0.516. The van der Waals surface area contributed by atoms with Crippen LogP contribution in [-0.2, 0) is 13.3 Å². The highest BCUT2D eigenvalue weighted by molar-refractivity contribution is 6.60. The topological polar surface area (TPSA) is 79.7 Å². The molecule has 4 N–H and O–H groups in total. The van der Waals surface area contributed by atoms with Crippen LogP contribution in [0.3, 0.4) is 0 Å². The highest BCUT2D eigenvalue weighted by Crippen LogP contribution is 2.17. The van der Waals surface area contributed by atoms with Crippen LogP contribution < -0.4 is 11.5 Å². The summed E-state index contributed by atoms with van der Waals surface area (Å²) in [6, 6.07) is 0.919. The molecule has 0 aromatic rings. The van der Waals surface area contributed by atoms with Gasteiger partial charge in [0.05, 0.1) is 0 Å². The Labute approximate surface area is 107 Å². The summed E-state index contributed by atoms with van der Waals surface area (Å²) < 4.78 is 16.9. The largest absolute Gasteiger partial charge is 0.500 e. The first-order valence-electron chi connectivity index (χ1n) is 6.40. The van der Waals surface area contributed by atoms with E-state index < -0.39 is 8.80 Å². The summed E-state index contributed by atoms with van der Waals surface area (Å²) >= 11 is 0. The van der Waals surface area contributed by atoms with Gasteiger partial charge in [0, 0.05) is 32.0 Å². The molecule has 6 heteroatoms. The maximum Gasteiger partial charge on any atom is 0.500 e. The van der Waals surface area contributed by atoms with Crippen molar-refractivity contribution in [3.63, 3.8) is 0 Å². The molecule has 5 nitrogen and oxygen atoms in total. The predicted molar refractivity (Wildman–Crippen MR) is 73.6 cm³/mol. The van der Waals surface area contributed by atoms with Crippen molar-refractivity contribution in [2.75, 3.05) is 19.8 Å². The minimum absolute atomic E-state index is 0.167. The molecule has 0 amide bonds. The van der Waals surface area contributed by atoms with Crippen molar-refractivity contribution in [3.8, 4) is 0 Å². The lowest BCUT2D eigenvalue weighted by Crippen LogP contribution is -2.45. The first-order valence-corrected chi connectivity index (χ1v) is 8.34. The molecule has 0 aliphatic carbocycles. The first-order chi connectivity index (χ1) is 7.97. The molecule has 0 heterocycles. The Kier molecular flexibility index (Phi) is 14.2. The van der Waals surface area contributed by atoms with Crippen LogP contribution in [0.4, 0.5) is 0 Å². The lowest BCUT2D eigenvalue weighted by molar-refractivity contribution is 0.0712. The van der Waals surface area contributed by atoms with Crippen molar-refractivity contribution >= 4 is 8.80 Å². The Morgan fingerprint density at radius 1 is 0.882 bits per heavy atom. The zero-order valence-electron chi connectivity index (χ0n) is 12.0. The van der Waals surface area contributed by atoms with Crippen LogP contribution in [0.1, 0.15) is 41.0 Å². The molecule has 0 radical (unpaired) electrons. The van der Waals surface area contributed by atoms with Gasteiger partial charge in [-0.2, -0.15) is 0 Å². The molecule has 0 saturated carbocycles. The molecule has 0 aliphatic heterocycles. The summed E-state index contributed by atoms with van der Waals surface area (Å²) in [6.45, 7) is 11.8. The van der Waals surface area contributed by atoms with E-state index in [0.29, 0.717) is 19.8 Å². The Morgan fingerprint density at radius 2 is 1.18 bits per heavy atom. The molecule has 0 saturated heterocycles. The van der Waals surface area contributed by atoms with Gasteiger partial charge in [-0.3, -0.25) is 0 Å². The number of hydrogen-bond donors (Lipinski definition) is 2. The van der Waals surface area contributed by atoms with E-state index in [1.807, 2.05) is 20.8 Å². The molecular weight excluding hydrogens is 236 g/mol. The Balaban J connectivity index is 0. The zero-order valence-corrected chi connectivity index (χ0v) is 13.0. The Morgan fingerprint density at radius 3 is 1.35 bits per heavy atom. The average molecular weight is 266 g/mol. The van der Waals surface area contributed by atoms with E-state index in [0.717, 1.165) is 12.5 Å². The average Bonchev–Trinajstić information content (AvgIpc) is 2.18. The molecule has 0 bridgehead atoms. The second-order valence-electron chi connectivity index (χ2n) is 3.59. The summed E-state index contributed by atoms with van der Waals surface area (Å²) in [5.74, 6) is 0. The third-order valence-electron chi connectivity index (χ3n) is 1.65. The van der Waals surface area contributed by atoms with E-state index >= 15 is 0 Å². The standard InChI is InChI=1S/C9H22O3Si.C2H8N2/c1-5-9-13(10-6-2,11-7-3)12-8-4;1-2(3)4/h5-9H2,1-4H3;2H,3-4H2,1H3. The van der Waals surface area contributed by atoms with Gasteiger partial charge in [0.2, 0.25) is 0 Å². The van der Waals surface area contributed by atoms with E-state index in [9.17, 15) is 0 Å². The van der Waals surface area contributed by atoms with E-state index in [1.165, 1.54) is 0 Å². The van der Waals surface area contributed by atoms with Gasteiger partial charge in [0.25, 0.3) is 0 Å². The minimum Gasteiger partial charge on any atom is -0.374 e. The van der Waals surface area contributed by atoms with E-state index in [1.54, 1.807) is 6.92 Å². The van der Waals surface area contributed by atoms with Crippen molar-refractivity contribution < 1.29 is 13.3 Å². The van der Waals surface area contributed by atoms with Crippen molar-refractivity contribution in [1.82, 2.24) is 0 Å². The van der Waals surface area contributed by atoms with E-state index in [4.69, 9.17) is 24.7 Å². The Bertz CT molecular complexity index is 127. The van der Waals surface area contributed by atoms with Gasteiger partial charge in [0.1, 0.15) is 0 Å². The van der Waals surface area contributed by atoms with Crippen molar-refractivity contribution in [1.29, 1.82) is 0 Å². The third kappa shape index (κ3) is 12.3. The predicted octanol–water partition coefficient (Wildman–Crippen LogP) is 1.69. The highest BCUT2D eigenvalue weighted by atomic mass is 28.4. The lowest BCUT2D eigenvalue weighted by Gasteiger charge is -2.27. The highest BCUT2D eigenvalue weighted by Gasteiger charge is 2.38. The van der Waals surface area contributed by atoms with E-state index in [2.05, 4.69) is 6.92 Å². The Hall–Kier alpha value is 0.0169. The summed E-state index contributed by atoms with van der Waals surface area (Å²) in [4.78, 5) is 0. The molecule has 0 atom stereocenters. The van der Waals surface area contributed by atoms with Crippen LogP contribution in [0.5, 0.6) is 0 Å². The minimum atomic E-state index is -2.30. The summed E-state index contributed by atoms with van der Waals surface area (Å²) in [5, 5.41) is 0. The lowest BCUT2D eigenvalue weighted by atomic mass is 10.6. The van der Waals surface area contributed by atoms with Crippen LogP contribution in [0.25, 0.3) is 0 Å². The van der Waals surface area contributed by atoms with Crippen LogP contribution in [0.15, 0.2) is 0 Å². The van der Waals surface area contributed by atoms with Crippen LogP contribution >= 0.6 is 0 Å². The van der Waals surface area contributed by atoms with Gasteiger partial charge in [-0.15, -0.1) is 0 Å². The fraction of sp³-hybridized carbons (Fsp3) is 1.00. The summed E-state index contributed by atoms with van der Waals surface area (Å²) in [6.07, 6.45) is 0.881. The molecule has 0 rings (SSSR count). The van der Waals surface area contributed by atoms with Gasteiger partial charge < -0.3 is 24.7 Å². The molecule has 0 spiro atoms. The maximum atomic E-state index is 5.65. The maximum absolute atomic E-state index is 5.65. The number of nitrogens with two attached hydrogens (primary N) is 2. The molecule has 0 aliphatic rings. The van der Waals surface area contributed by atoms with Crippen LogP contribution in [-0.4, -0.2) is 34.8 Å². The summed E-state index contributed by atoms with van der Waals surface area (Å²) in [7, 11) is -2.30. The van der Waals surface area contributed by atoms with Gasteiger partial charge in [-0.25, -0.2) is 0 Å². The summed E-state index contributed by atoms with van der Waals surface area (Å²) in [5.41, 5.74) is 9.78. The fourth-order valence-electron chi connectivity index (χ4n) is 1.31. The molecule has 0 fully saturated rings. The SMILES string of the molecule is CC(N)N.CCC[Si](OCC)(OCC)OCC. The second kappa shape index (κ2) is 12.5. The van der Waals surface area contributed by atoms with Gasteiger partial charge in [-0.05, 0) is 27.7 Å². The molecular formula is C11H30N2O3Si. The van der Waals surface area contributed by atoms with Gasteiger partial charge >= 0.3 is 8.80 Å². The fourth-order valence-corrected chi connectivity index (χ4v) is 3.92. The number of rotatable bonds is 8. The molecule has 0 aromatic carbocycles. The van der Waals surface area contributed by atoms with Crippen molar-refractivity contribution in [2.45, 2.75) is 53.2 Å². The smallest absolute Gasteiger partial charge is 0.374 e. The molecule has 0 aromatic heterocycles. The second-order valence-corrected chi connectivity index (χ2v) is 6.32. The van der Waals surface area contributed by atoms with Crippen molar-refractivity contribution in [3.05, 3.63) is 0 Å². The van der Waals surface area contributed by atoms with Crippen LogP contribution in [0.2, 0.25) is 6.04 Å². The number of hydrogen-bond acceptors (Lipinski definition) is 5. The third-order valence-corrected chi connectivity index (χ3v) is 4.95. The van der Waals surface area contributed by atoms with Gasteiger partial charge in [0.15, 0.2) is 0 Å². The normalized spacial score (nSPS) is 11.3. The van der Waals surface area contributed by atoms with Crippen LogP contribution in [0, 0.1) is 0 Å². The monoisotopic (exact) mass is 266 g/mol. The van der Waals surface area contributed by atoms with Gasteiger partial charge in [-0.1, -0.05) is 13.3 Å². The van der Waals surface area contributed by atoms with Crippen molar-refractivity contribution in [2.24, 2.45) is 11.5 Å². The van der Waals surface area contributed by atoms with E-state index in [-0.39, 0.29) is 6.17 Å². The first kappa shape index (κ1) is 19.4. The molecule has 106 valence electrons.